The van der Waals surface area contributed by atoms with Gasteiger partial charge >= 0.3 is 12.1 Å². The highest BCUT2D eigenvalue weighted by Crippen LogP contribution is 1.99. The largest absolute Gasteiger partial charge is 0.508 e. The number of esters is 1. The summed E-state index contributed by atoms with van der Waals surface area (Å²) in [5.74, 6) is -0.251. The van der Waals surface area contributed by atoms with Crippen LogP contribution in [0.2, 0.25) is 0 Å². The van der Waals surface area contributed by atoms with Gasteiger partial charge in [-0.05, 0) is 32.1 Å². The molecule has 0 atom stereocenters. The average molecular weight is 332 g/mol. The van der Waals surface area contributed by atoms with E-state index in [4.69, 9.17) is 18.9 Å². The van der Waals surface area contributed by atoms with Gasteiger partial charge in [0.25, 0.3) is 0 Å². The van der Waals surface area contributed by atoms with Crippen molar-refractivity contribution in [2.24, 2.45) is 0 Å². The summed E-state index contributed by atoms with van der Waals surface area (Å²) in [7, 11) is 0. The molecule has 0 aromatic carbocycles. The van der Waals surface area contributed by atoms with Gasteiger partial charge in [0, 0.05) is 19.6 Å². The molecule has 6 nitrogen and oxygen atoms in total. The van der Waals surface area contributed by atoms with Gasteiger partial charge in [0.15, 0.2) is 0 Å². The predicted molar refractivity (Wildman–Crippen MR) is 87.4 cm³/mol. The zero-order valence-electron chi connectivity index (χ0n) is 14.6. The highest BCUT2D eigenvalue weighted by molar-refractivity contribution is 5.69. The maximum absolute atomic E-state index is 11.3. The van der Waals surface area contributed by atoms with Gasteiger partial charge in [0.1, 0.15) is 0 Å². The molecule has 23 heavy (non-hydrogen) atoms. The van der Waals surface area contributed by atoms with Gasteiger partial charge < -0.3 is 18.9 Å². The van der Waals surface area contributed by atoms with Crippen LogP contribution in [0.15, 0.2) is 0 Å². The molecule has 0 amide bonds. The number of unbranched alkanes of at least 4 members (excludes halogenated alkanes) is 3. The summed E-state index contributed by atoms with van der Waals surface area (Å²) in [4.78, 5) is 22.6. The SMILES string of the molecule is CCCCOCCCCOC(=O)OCCCC(=O)OCCCC. The number of ether oxygens (including phenoxy) is 4. The van der Waals surface area contributed by atoms with Gasteiger partial charge in [-0.3, -0.25) is 4.79 Å². The van der Waals surface area contributed by atoms with Crippen LogP contribution in [0.1, 0.15) is 65.2 Å². The molecule has 0 aromatic rings. The second kappa shape index (κ2) is 17.1. The summed E-state index contributed by atoms with van der Waals surface area (Å²) in [5, 5.41) is 0. The summed E-state index contributed by atoms with van der Waals surface area (Å²) in [6.45, 7) is 6.60. The van der Waals surface area contributed by atoms with Crippen molar-refractivity contribution < 1.29 is 28.5 Å². The van der Waals surface area contributed by atoms with Crippen LogP contribution in [0, 0.1) is 0 Å². The zero-order chi connectivity index (χ0) is 17.2. The Morgan fingerprint density at radius 3 is 1.87 bits per heavy atom. The summed E-state index contributed by atoms with van der Waals surface area (Å²) in [6, 6.07) is 0. The van der Waals surface area contributed by atoms with Crippen molar-refractivity contribution in [2.45, 2.75) is 65.2 Å². The van der Waals surface area contributed by atoms with Crippen LogP contribution < -0.4 is 0 Å². The van der Waals surface area contributed by atoms with Gasteiger partial charge in [-0.2, -0.15) is 0 Å². The molecule has 0 saturated carbocycles. The number of rotatable bonds is 15. The molecule has 0 radical (unpaired) electrons. The van der Waals surface area contributed by atoms with E-state index in [0.29, 0.717) is 26.2 Å². The first-order valence-electron chi connectivity index (χ1n) is 8.73. The molecule has 0 heterocycles. The Labute approximate surface area is 139 Å². The normalized spacial score (nSPS) is 10.3. The highest BCUT2D eigenvalue weighted by atomic mass is 16.7. The van der Waals surface area contributed by atoms with E-state index in [1.54, 1.807) is 0 Å². The number of hydrogen-bond acceptors (Lipinski definition) is 6. The molecule has 0 fully saturated rings. The van der Waals surface area contributed by atoms with Crippen LogP contribution in [-0.2, 0) is 23.7 Å². The Morgan fingerprint density at radius 1 is 0.652 bits per heavy atom. The van der Waals surface area contributed by atoms with E-state index in [0.717, 1.165) is 45.1 Å². The molecule has 136 valence electrons. The van der Waals surface area contributed by atoms with E-state index >= 15 is 0 Å². The quantitative estimate of drug-likeness (QED) is 0.335. The fourth-order valence-corrected chi connectivity index (χ4v) is 1.63. The number of hydrogen-bond donors (Lipinski definition) is 0. The molecule has 0 spiro atoms. The van der Waals surface area contributed by atoms with E-state index in [1.165, 1.54) is 0 Å². The Bertz CT molecular complexity index is 293. The standard InChI is InChI=1S/C17H32O6/c1-3-5-11-20-12-7-8-14-22-17(19)23-15-9-10-16(18)21-13-6-4-2/h3-15H2,1-2H3. The lowest BCUT2D eigenvalue weighted by atomic mass is 10.3. The third-order valence-corrected chi connectivity index (χ3v) is 3.05. The number of carbonyl (C=O) groups excluding carboxylic acids is 2. The molecular weight excluding hydrogens is 300 g/mol. The predicted octanol–water partition coefficient (Wildman–Crippen LogP) is 3.86. The van der Waals surface area contributed by atoms with Crippen molar-refractivity contribution in [2.75, 3.05) is 33.0 Å². The maximum atomic E-state index is 11.3. The van der Waals surface area contributed by atoms with Crippen LogP contribution in [0.25, 0.3) is 0 Å². The second-order valence-corrected chi connectivity index (χ2v) is 5.30. The van der Waals surface area contributed by atoms with Gasteiger partial charge in [-0.1, -0.05) is 26.7 Å². The van der Waals surface area contributed by atoms with Crippen molar-refractivity contribution in [1.82, 2.24) is 0 Å². The molecule has 0 aliphatic heterocycles. The van der Waals surface area contributed by atoms with E-state index < -0.39 is 6.16 Å². The molecule has 0 aliphatic carbocycles. The minimum absolute atomic E-state index is 0.168. The Kier molecular flexibility index (Phi) is 16.1. The summed E-state index contributed by atoms with van der Waals surface area (Å²) in [6.07, 6.45) is 5.71. The first kappa shape index (κ1) is 21.7. The van der Waals surface area contributed by atoms with Crippen molar-refractivity contribution in [3.05, 3.63) is 0 Å². The minimum atomic E-state index is -0.684. The van der Waals surface area contributed by atoms with Crippen molar-refractivity contribution >= 4 is 12.1 Å². The molecular formula is C17H32O6. The molecule has 0 bridgehead atoms. The average Bonchev–Trinajstić information content (AvgIpc) is 2.54. The smallest absolute Gasteiger partial charge is 0.466 e. The second-order valence-electron chi connectivity index (χ2n) is 5.30. The maximum Gasteiger partial charge on any atom is 0.508 e. The van der Waals surface area contributed by atoms with Crippen LogP contribution in [0.4, 0.5) is 4.79 Å². The zero-order valence-corrected chi connectivity index (χ0v) is 14.6. The lowest BCUT2D eigenvalue weighted by Gasteiger charge is -2.07. The molecule has 0 saturated heterocycles. The van der Waals surface area contributed by atoms with Crippen molar-refractivity contribution in [3.8, 4) is 0 Å². The van der Waals surface area contributed by atoms with Gasteiger partial charge in [0.05, 0.1) is 19.8 Å². The highest BCUT2D eigenvalue weighted by Gasteiger charge is 2.06. The summed E-state index contributed by atoms with van der Waals surface area (Å²) >= 11 is 0. The van der Waals surface area contributed by atoms with Gasteiger partial charge in [-0.15, -0.1) is 0 Å². The van der Waals surface area contributed by atoms with Crippen molar-refractivity contribution in [3.63, 3.8) is 0 Å². The third kappa shape index (κ3) is 16.9. The third-order valence-electron chi connectivity index (χ3n) is 3.05. The Morgan fingerprint density at radius 2 is 1.17 bits per heavy atom. The minimum Gasteiger partial charge on any atom is -0.466 e. The summed E-state index contributed by atoms with van der Waals surface area (Å²) in [5.41, 5.74) is 0. The molecule has 0 N–H and O–H groups in total. The molecule has 0 aromatic heterocycles. The molecule has 0 unspecified atom stereocenters. The first-order valence-corrected chi connectivity index (χ1v) is 8.73. The van der Waals surface area contributed by atoms with Crippen molar-refractivity contribution in [1.29, 1.82) is 0 Å². The van der Waals surface area contributed by atoms with Crippen LogP contribution in [0.3, 0.4) is 0 Å². The van der Waals surface area contributed by atoms with Crippen LogP contribution in [-0.4, -0.2) is 45.2 Å². The molecule has 6 heteroatoms. The van der Waals surface area contributed by atoms with Crippen LogP contribution in [0.5, 0.6) is 0 Å². The van der Waals surface area contributed by atoms with Gasteiger partial charge in [0.2, 0.25) is 0 Å². The number of carbonyl (C=O) groups is 2. The Balaban J connectivity index is 3.29. The van der Waals surface area contributed by atoms with E-state index in [9.17, 15) is 9.59 Å². The lowest BCUT2D eigenvalue weighted by Crippen LogP contribution is -2.12. The monoisotopic (exact) mass is 332 g/mol. The van der Waals surface area contributed by atoms with Crippen LogP contribution >= 0.6 is 0 Å². The first-order chi connectivity index (χ1) is 11.2. The molecule has 0 rings (SSSR count). The lowest BCUT2D eigenvalue weighted by molar-refractivity contribution is -0.144. The van der Waals surface area contributed by atoms with Gasteiger partial charge in [-0.25, -0.2) is 4.79 Å². The Hall–Kier alpha value is -1.30. The van der Waals surface area contributed by atoms with E-state index in [2.05, 4.69) is 6.92 Å². The fraction of sp³-hybridized carbons (Fsp3) is 0.882. The van der Waals surface area contributed by atoms with E-state index in [1.807, 2.05) is 6.92 Å². The fourth-order valence-electron chi connectivity index (χ4n) is 1.63. The van der Waals surface area contributed by atoms with E-state index in [-0.39, 0.29) is 19.0 Å². The topological polar surface area (TPSA) is 71.1 Å². The molecule has 0 aliphatic rings. The summed E-state index contributed by atoms with van der Waals surface area (Å²) < 4.78 is 20.2.